The molecule has 0 fully saturated rings. The molecule has 0 radical (unpaired) electrons. The SMILES string of the molecule is Cc1ncsc1CC[S@](=O)Cc1cccc(OC(F)F)c1. The molecule has 0 amide bonds. The van der Waals surface area contributed by atoms with Crippen molar-refractivity contribution >= 4 is 22.1 Å². The quantitative estimate of drug-likeness (QED) is 0.779. The Morgan fingerprint density at radius 1 is 1.43 bits per heavy atom. The number of hydrogen-bond acceptors (Lipinski definition) is 4. The van der Waals surface area contributed by atoms with Crippen LogP contribution in [-0.2, 0) is 23.0 Å². The van der Waals surface area contributed by atoms with Crippen LogP contribution in [0.1, 0.15) is 16.1 Å². The minimum atomic E-state index is -2.85. The van der Waals surface area contributed by atoms with Crippen LogP contribution in [0.4, 0.5) is 8.78 Å². The molecule has 0 aliphatic heterocycles. The maximum atomic E-state index is 12.1. The lowest BCUT2D eigenvalue weighted by atomic mass is 10.2. The molecule has 21 heavy (non-hydrogen) atoms. The molecule has 1 heterocycles. The Hall–Kier alpha value is -1.34. The minimum absolute atomic E-state index is 0.0952. The fourth-order valence-electron chi connectivity index (χ4n) is 1.84. The minimum Gasteiger partial charge on any atom is -0.435 e. The molecule has 0 bridgehead atoms. The van der Waals surface area contributed by atoms with E-state index in [1.807, 2.05) is 6.92 Å². The smallest absolute Gasteiger partial charge is 0.387 e. The molecule has 0 aliphatic carbocycles. The summed E-state index contributed by atoms with van der Waals surface area (Å²) in [6, 6.07) is 6.34. The second kappa shape index (κ2) is 7.61. The summed E-state index contributed by atoms with van der Waals surface area (Å²) in [6.45, 7) is -0.917. The van der Waals surface area contributed by atoms with Crippen LogP contribution >= 0.6 is 11.3 Å². The number of aromatic nitrogens is 1. The van der Waals surface area contributed by atoms with Gasteiger partial charge >= 0.3 is 6.61 Å². The van der Waals surface area contributed by atoms with Gasteiger partial charge in [0.15, 0.2) is 0 Å². The number of benzene rings is 1. The maximum Gasteiger partial charge on any atom is 0.387 e. The zero-order valence-electron chi connectivity index (χ0n) is 11.4. The first-order valence-electron chi connectivity index (χ1n) is 6.32. The van der Waals surface area contributed by atoms with Gasteiger partial charge in [-0.05, 0) is 31.0 Å². The van der Waals surface area contributed by atoms with E-state index < -0.39 is 17.4 Å². The number of hydrogen-bond donors (Lipinski definition) is 0. The van der Waals surface area contributed by atoms with Crippen LogP contribution in [0.5, 0.6) is 5.75 Å². The van der Waals surface area contributed by atoms with E-state index in [1.165, 1.54) is 12.1 Å². The number of halogens is 2. The van der Waals surface area contributed by atoms with E-state index >= 15 is 0 Å². The summed E-state index contributed by atoms with van der Waals surface area (Å²) < 4.78 is 40.7. The maximum absolute atomic E-state index is 12.1. The van der Waals surface area contributed by atoms with Crippen molar-refractivity contribution in [1.29, 1.82) is 0 Å². The Labute approximate surface area is 128 Å². The van der Waals surface area contributed by atoms with Crippen molar-refractivity contribution in [2.24, 2.45) is 0 Å². The molecule has 0 saturated heterocycles. The third-order valence-electron chi connectivity index (χ3n) is 2.85. The Morgan fingerprint density at radius 3 is 2.90 bits per heavy atom. The van der Waals surface area contributed by atoms with Crippen LogP contribution in [0.2, 0.25) is 0 Å². The van der Waals surface area contributed by atoms with Gasteiger partial charge in [0, 0.05) is 27.2 Å². The Bertz CT molecular complexity index is 617. The molecule has 1 aromatic heterocycles. The number of alkyl halides is 2. The molecule has 2 rings (SSSR count). The summed E-state index contributed by atoms with van der Waals surface area (Å²) in [5, 5.41) is 0. The van der Waals surface area contributed by atoms with Gasteiger partial charge in [-0.15, -0.1) is 11.3 Å². The third-order valence-corrected chi connectivity index (χ3v) is 5.16. The number of thiazole rings is 1. The van der Waals surface area contributed by atoms with Crippen LogP contribution < -0.4 is 4.74 Å². The highest BCUT2D eigenvalue weighted by molar-refractivity contribution is 7.84. The van der Waals surface area contributed by atoms with Crippen LogP contribution in [0.3, 0.4) is 0 Å². The van der Waals surface area contributed by atoms with Crippen molar-refractivity contribution in [3.05, 3.63) is 45.9 Å². The first kappa shape index (κ1) is 16.0. The number of nitrogens with zero attached hydrogens (tertiary/aromatic N) is 1. The highest BCUT2D eigenvalue weighted by Gasteiger charge is 2.08. The normalized spacial score (nSPS) is 12.6. The van der Waals surface area contributed by atoms with Gasteiger partial charge in [0.05, 0.1) is 11.2 Å². The summed E-state index contributed by atoms with van der Waals surface area (Å²) in [4.78, 5) is 5.29. The van der Waals surface area contributed by atoms with Crippen LogP contribution in [-0.4, -0.2) is 21.6 Å². The van der Waals surface area contributed by atoms with Gasteiger partial charge in [0.25, 0.3) is 0 Å². The first-order valence-corrected chi connectivity index (χ1v) is 8.69. The summed E-state index contributed by atoms with van der Waals surface area (Å²) in [5.74, 6) is 0.958. The lowest BCUT2D eigenvalue weighted by Crippen LogP contribution is -2.05. The summed E-state index contributed by atoms with van der Waals surface area (Å²) in [7, 11) is -1.05. The molecule has 0 unspecified atom stereocenters. The predicted molar refractivity (Wildman–Crippen MR) is 80.3 cm³/mol. The van der Waals surface area contributed by atoms with Gasteiger partial charge in [-0.2, -0.15) is 8.78 Å². The molecule has 114 valence electrons. The van der Waals surface area contributed by atoms with Gasteiger partial charge in [-0.25, -0.2) is 4.98 Å². The van der Waals surface area contributed by atoms with E-state index in [0.29, 0.717) is 11.5 Å². The standard InChI is InChI=1S/C14H15F2NO2S2/c1-10-13(20-9-17-10)5-6-21(18)8-11-3-2-4-12(7-11)19-14(15)16/h2-4,7,9,14H,5-6,8H2,1H3/t21-/m0/s1. The lowest BCUT2D eigenvalue weighted by molar-refractivity contribution is -0.0498. The molecular formula is C14H15F2NO2S2. The number of rotatable bonds is 7. The van der Waals surface area contributed by atoms with Crippen molar-refractivity contribution in [1.82, 2.24) is 4.98 Å². The summed E-state index contributed by atoms with van der Waals surface area (Å²) in [5.41, 5.74) is 3.48. The largest absolute Gasteiger partial charge is 0.435 e. The zero-order valence-corrected chi connectivity index (χ0v) is 13.1. The monoisotopic (exact) mass is 331 g/mol. The van der Waals surface area contributed by atoms with E-state index in [2.05, 4.69) is 9.72 Å². The molecule has 1 aromatic carbocycles. The average molecular weight is 331 g/mol. The van der Waals surface area contributed by atoms with Crippen LogP contribution in [0.15, 0.2) is 29.8 Å². The molecule has 1 atom stereocenters. The second-order valence-corrected chi connectivity index (χ2v) is 6.94. The number of ether oxygens (including phenoxy) is 1. The molecular weight excluding hydrogens is 316 g/mol. The van der Waals surface area contributed by atoms with Crippen LogP contribution in [0.25, 0.3) is 0 Å². The molecule has 0 spiro atoms. The zero-order chi connectivity index (χ0) is 15.2. The molecule has 3 nitrogen and oxygen atoms in total. The van der Waals surface area contributed by atoms with E-state index in [4.69, 9.17) is 0 Å². The van der Waals surface area contributed by atoms with Crippen LogP contribution in [0, 0.1) is 6.92 Å². The first-order chi connectivity index (χ1) is 10.0. The lowest BCUT2D eigenvalue weighted by Gasteiger charge is -2.07. The van der Waals surface area contributed by atoms with Crippen molar-refractivity contribution < 1.29 is 17.7 Å². The molecule has 0 aliphatic rings. The average Bonchev–Trinajstić information content (AvgIpc) is 2.81. The second-order valence-electron chi connectivity index (χ2n) is 4.43. The van der Waals surface area contributed by atoms with Crippen molar-refractivity contribution in [3.63, 3.8) is 0 Å². The topological polar surface area (TPSA) is 39.2 Å². The highest BCUT2D eigenvalue weighted by Crippen LogP contribution is 2.18. The fraction of sp³-hybridized carbons (Fsp3) is 0.357. The van der Waals surface area contributed by atoms with Crippen molar-refractivity contribution in [2.45, 2.75) is 25.7 Å². The van der Waals surface area contributed by atoms with Gasteiger partial charge < -0.3 is 4.74 Å². The predicted octanol–water partition coefficient (Wildman–Crippen LogP) is 3.54. The molecule has 0 saturated carbocycles. The van der Waals surface area contributed by atoms with E-state index in [1.54, 1.807) is 29.0 Å². The molecule has 2 aromatic rings. The fourth-order valence-corrected chi connectivity index (χ4v) is 3.88. The van der Waals surface area contributed by atoms with Gasteiger partial charge in [0.1, 0.15) is 5.75 Å². The Morgan fingerprint density at radius 2 is 2.24 bits per heavy atom. The van der Waals surface area contributed by atoms with E-state index in [0.717, 1.165) is 22.6 Å². The van der Waals surface area contributed by atoms with Crippen molar-refractivity contribution in [2.75, 3.05) is 5.75 Å². The third kappa shape index (κ3) is 5.17. The van der Waals surface area contributed by atoms with Gasteiger partial charge in [-0.1, -0.05) is 12.1 Å². The van der Waals surface area contributed by atoms with E-state index in [-0.39, 0.29) is 5.75 Å². The molecule has 7 heteroatoms. The van der Waals surface area contributed by atoms with E-state index in [9.17, 15) is 13.0 Å². The van der Waals surface area contributed by atoms with Gasteiger partial charge in [0.2, 0.25) is 0 Å². The highest BCUT2D eigenvalue weighted by atomic mass is 32.2. The summed E-state index contributed by atoms with van der Waals surface area (Å²) in [6.07, 6.45) is 0.719. The number of aryl methyl sites for hydroxylation is 2. The molecule has 0 N–H and O–H groups in total. The summed E-state index contributed by atoms with van der Waals surface area (Å²) >= 11 is 1.56. The Kier molecular flexibility index (Phi) is 5.81. The van der Waals surface area contributed by atoms with Gasteiger partial charge in [-0.3, -0.25) is 4.21 Å². The Balaban J connectivity index is 1.89. The van der Waals surface area contributed by atoms with Crippen molar-refractivity contribution in [3.8, 4) is 5.75 Å².